The maximum absolute atomic E-state index is 13.5. The fourth-order valence-electron chi connectivity index (χ4n) is 2.34. The van der Waals surface area contributed by atoms with E-state index in [1.54, 1.807) is 12.1 Å². The molecule has 3 N–H and O–H groups in total. The molecule has 0 saturated heterocycles. The number of urea groups is 1. The predicted molar refractivity (Wildman–Crippen MR) is 84.3 cm³/mol. The fourth-order valence-corrected chi connectivity index (χ4v) is 2.34. The van der Waals surface area contributed by atoms with E-state index in [1.165, 1.54) is 6.07 Å². The van der Waals surface area contributed by atoms with Crippen LogP contribution in [0.1, 0.15) is 22.8 Å². The zero-order valence-electron chi connectivity index (χ0n) is 12.9. The average Bonchev–Trinajstić information content (AvgIpc) is 2.43. The summed E-state index contributed by atoms with van der Waals surface area (Å²) in [5.74, 6) is -1.71. The number of amides is 2. The Morgan fingerprint density at radius 3 is 2.26 bits per heavy atom. The van der Waals surface area contributed by atoms with E-state index in [0.29, 0.717) is 5.69 Å². The van der Waals surface area contributed by atoms with Crippen LogP contribution >= 0.6 is 0 Å². The zero-order chi connectivity index (χ0) is 17.0. The minimum Gasteiger partial charge on any atom is -0.386 e. The third-order valence-corrected chi connectivity index (χ3v) is 3.27. The Labute approximate surface area is 133 Å². The molecule has 2 aromatic rings. The number of aliphatic hydroxyl groups excluding tert-OH is 1. The summed E-state index contributed by atoms with van der Waals surface area (Å²) < 4.78 is 27.1. The van der Waals surface area contributed by atoms with Gasteiger partial charge in [-0.05, 0) is 49.2 Å². The van der Waals surface area contributed by atoms with Crippen molar-refractivity contribution in [1.29, 1.82) is 0 Å². The van der Waals surface area contributed by atoms with Gasteiger partial charge in [0.05, 0.1) is 5.56 Å². The van der Waals surface area contributed by atoms with Crippen LogP contribution in [0.2, 0.25) is 0 Å². The summed E-state index contributed by atoms with van der Waals surface area (Å²) in [4.78, 5) is 11.8. The van der Waals surface area contributed by atoms with E-state index in [1.807, 2.05) is 19.9 Å². The van der Waals surface area contributed by atoms with Gasteiger partial charge >= 0.3 is 6.03 Å². The highest BCUT2D eigenvalue weighted by Gasteiger charge is 2.18. The van der Waals surface area contributed by atoms with Crippen molar-refractivity contribution in [2.24, 2.45) is 0 Å². The maximum Gasteiger partial charge on any atom is 0.319 e. The summed E-state index contributed by atoms with van der Waals surface area (Å²) in [6, 6.07) is 8.30. The van der Waals surface area contributed by atoms with Crippen molar-refractivity contribution in [1.82, 2.24) is 5.32 Å². The topological polar surface area (TPSA) is 61.4 Å². The molecule has 122 valence electrons. The van der Waals surface area contributed by atoms with Gasteiger partial charge in [-0.15, -0.1) is 0 Å². The highest BCUT2D eigenvalue weighted by atomic mass is 19.1. The number of rotatable bonds is 4. The van der Waals surface area contributed by atoms with Gasteiger partial charge in [-0.2, -0.15) is 0 Å². The van der Waals surface area contributed by atoms with E-state index in [0.717, 1.165) is 23.3 Å². The highest BCUT2D eigenvalue weighted by molar-refractivity contribution is 5.89. The van der Waals surface area contributed by atoms with Gasteiger partial charge in [0.25, 0.3) is 0 Å². The largest absolute Gasteiger partial charge is 0.386 e. The quantitative estimate of drug-likeness (QED) is 0.808. The number of nitrogens with one attached hydrogen (secondary N) is 2. The molecule has 1 atom stereocenters. The lowest BCUT2D eigenvalue weighted by Gasteiger charge is -2.14. The second kappa shape index (κ2) is 7.19. The van der Waals surface area contributed by atoms with Gasteiger partial charge in [-0.25, -0.2) is 13.6 Å². The molecule has 23 heavy (non-hydrogen) atoms. The second-order valence-corrected chi connectivity index (χ2v) is 5.36. The van der Waals surface area contributed by atoms with Gasteiger partial charge in [0.1, 0.15) is 17.7 Å². The van der Waals surface area contributed by atoms with Crippen molar-refractivity contribution in [3.63, 3.8) is 0 Å². The minimum absolute atomic E-state index is 0.311. The number of carbonyl (C=O) groups excluding carboxylic acids is 1. The number of halogens is 2. The van der Waals surface area contributed by atoms with Crippen LogP contribution in [0.15, 0.2) is 36.4 Å². The molecule has 0 spiro atoms. The van der Waals surface area contributed by atoms with E-state index in [2.05, 4.69) is 10.6 Å². The molecule has 2 amide bonds. The Morgan fingerprint density at radius 2 is 1.70 bits per heavy atom. The molecule has 0 aliphatic rings. The summed E-state index contributed by atoms with van der Waals surface area (Å²) in [7, 11) is 0. The van der Waals surface area contributed by atoms with E-state index in [9.17, 15) is 18.7 Å². The van der Waals surface area contributed by atoms with Gasteiger partial charge in [-0.3, -0.25) is 0 Å². The minimum atomic E-state index is -1.47. The first kappa shape index (κ1) is 16.9. The molecule has 1 unspecified atom stereocenters. The highest BCUT2D eigenvalue weighted by Crippen LogP contribution is 2.20. The molecule has 4 nitrogen and oxygen atoms in total. The number of hydrogen-bond acceptors (Lipinski definition) is 2. The standard InChI is InChI=1S/C17H18F2N2O2/c1-10-6-11(2)8-12(7-10)21-17(23)20-9-15(22)16-13(18)4-3-5-14(16)19/h3-8,15,22H,9H2,1-2H3,(H2,20,21,23). The first-order valence-electron chi connectivity index (χ1n) is 7.12. The molecule has 6 heteroatoms. The number of hydrogen-bond donors (Lipinski definition) is 3. The predicted octanol–water partition coefficient (Wildman–Crippen LogP) is 3.44. The number of benzene rings is 2. The smallest absolute Gasteiger partial charge is 0.319 e. The van der Waals surface area contributed by atoms with E-state index in [-0.39, 0.29) is 6.54 Å². The molecular formula is C17H18F2N2O2. The van der Waals surface area contributed by atoms with Gasteiger partial charge in [0.2, 0.25) is 0 Å². The summed E-state index contributed by atoms with van der Waals surface area (Å²) >= 11 is 0. The number of aliphatic hydroxyl groups is 1. The summed E-state index contributed by atoms with van der Waals surface area (Å²) in [6.45, 7) is 3.50. The van der Waals surface area contributed by atoms with Crippen molar-refractivity contribution >= 4 is 11.7 Å². The Kier molecular flexibility index (Phi) is 5.28. The molecule has 0 bridgehead atoms. The van der Waals surface area contributed by atoms with Gasteiger partial charge in [0, 0.05) is 12.2 Å². The third-order valence-electron chi connectivity index (χ3n) is 3.27. The van der Waals surface area contributed by atoms with Gasteiger partial charge in [-0.1, -0.05) is 12.1 Å². The lowest BCUT2D eigenvalue weighted by Crippen LogP contribution is -2.32. The first-order chi connectivity index (χ1) is 10.9. The van der Waals surface area contributed by atoms with Crippen molar-refractivity contribution in [3.8, 4) is 0 Å². The number of carbonyl (C=O) groups is 1. The molecule has 0 fully saturated rings. The first-order valence-corrected chi connectivity index (χ1v) is 7.12. The lowest BCUT2D eigenvalue weighted by atomic mass is 10.1. The SMILES string of the molecule is Cc1cc(C)cc(NC(=O)NCC(O)c2c(F)cccc2F)c1. The van der Waals surface area contributed by atoms with Crippen LogP contribution in [0, 0.1) is 25.5 Å². The molecule has 0 aliphatic carbocycles. The summed E-state index contributed by atoms with van der Waals surface area (Å²) in [5, 5.41) is 14.9. The number of anilines is 1. The molecule has 2 rings (SSSR count). The fraction of sp³-hybridized carbons (Fsp3) is 0.235. The summed E-state index contributed by atoms with van der Waals surface area (Å²) in [6.07, 6.45) is -1.47. The van der Waals surface area contributed by atoms with Crippen LogP contribution in [-0.2, 0) is 0 Å². The summed E-state index contributed by atoms with van der Waals surface area (Å²) in [5.41, 5.74) is 2.13. The zero-order valence-corrected chi connectivity index (χ0v) is 12.9. The van der Waals surface area contributed by atoms with Crippen LogP contribution in [0.5, 0.6) is 0 Å². The molecule has 0 aromatic heterocycles. The molecule has 0 aliphatic heterocycles. The van der Waals surface area contributed by atoms with Crippen LogP contribution in [0.3, 0.4) is 0 Å². The van der Waals surface area contributed by atoms with Crippen LogP contribution in [0.4, 0.5) is 19.3 Å². The lowest BCUT2D eigenvalue weighted by molar-refractivity contribution is 0.166. The Morgan fingerprint density at radius 1 is 1.13 bits per heavy atom. The second-order valence-electron chi connectivity index (χ2n) is 5.36. The normalized spacial score (nSPS) is 11.9. The number of aryl methyl sites for hydroxylation is 2. The Bertz CT molecular complexity index is 679. The van der Waals surface area contributed by atoms with Gasteiger partial charge < -0.3 is 15.7 Å². The monoisotopic (exact) mass is 320 g/mol. The van der Waals surface area contributed by atoms with Crippen LogP contribution in [-0.4, -0.2) is 17.7 Å². The third kappa shape index (κ3) is 4.50. The van der Waals surface area contributed by atoms with E-state index < -0.39 is 29.3 Å². The molecule has 2 aromatic carbocycles. The van der Waals surface area contributed by atoms with Crippen LogP contribution < -0.4 is 10.6 Å². The molecular weight excluding hydrogens is 302 g/mol. The maximum atomic E-state index is 13.5. The average molecular weight is 320 g/mol. The molecule has 0 saturated carbocycles. The van der Waals surface area contributed by atoms with Crippen LogP contribution in [0.25, 0.3) is 0 Å². The van der Waals surface area contributed by atoms with Crippen molar-refractivity contribution in [3.05, 3.63) is 64.7 Å². The van der Waals surface area contributed by atoms with E-state index in [4.69, 9.17) is 0 Å². The Balaban J connectivity index is 1.96. The Hall–Kier alpha value is -2.47. The molecule has 0 heterocycles. The van der Waals surface area contributed by atoms with E-state index >= 15 is 0 Å². The van der Waals surface area contributed by atoms with Crippen molar-refractivity contribution in [2.75, 3.05) is 11.9 Å². The van der Waals surface area contributed by atoms with Gasteiger partial charge in [0.15, 0.2) is 0 Å². The van der Waals surface area contributed by atoms with Crippen molar-refractivity contribution < 1.29 is 18.7 Å². The van der Waals surface area contributed by atoms with Crippen molar-refractivity contribution in [2.45, 2.75) is 20.0 Å². The molecule has 0 radical (unpaired) electrons.